The molecule has 2 unspecified atom stereocenters. The zero-order chi connectivity index (χ0) is 18.9. The molecule has 6 heteroatoms. The van der Waals surface area contributed by atoms with Gasteiger partial charge in [0.2, 0.25) is 11.8 Å². The van der Waals surface area contributed by atoms with Gasteiger partial charge in [0.1, 0.15) is 12.0 Å². The van der Waals surface area contributed by atoms with Crippen LogP contribution in [0.25, 0.3) is 0 Å². The van der Waals surface area contributed by atoms with E-state index in [4.69, 9.17) is 5.11 Å². The average Bonchev–Trinajstić information content (AvgIpc) is 2.66. The molecule has 0 heterocycles. The topological polar surface area (TPSA) is 95.5 Å². The first-order valence-corrected chi connectivity index (χ1v) is 8.36. The fourth-order valence-corrected chi connectivity index (χ4v) is 2.38. The normalized spacial score (nSPS) is 12.7. The summed E-state index contributed by atoms with van der Waals surface area (Å²) in [6.45, 7) is 1.62. The van der Waals surface area contributed by atoms with Crippen LogP contribution in [0.1, 0.15) is 18.1 Å². The number of carbonyl (C=O) groups excluding carboxylic acids is 2. The molecule has 0 aliphatic carbocycles. The van der Waals surface area contributed by atoms with E-state index in [0.29, 0.717) is 6.54 Å². The molecule has 0 fully saturated rings. The highest BCUT2D eigenvalue weighted by atomic mass is 16.4. The Balaban J connectivity index is 2.07. The van der Waals surface area contributed by atoms with Gasteiger partial charge in [0, 0.05) is 13.0 Å². The van der Waals surface area contributed by atoms with Gasteiger partial charge >= 0.3 is 5.97 Å². The van der Waals surface area contributed by atoms with Crippen molar-refractivity contribution in [1.82, 2.24) is 10.6 Å². The maximum atomic E-state index is 12.6. The van der Waals surface area contributed by atoms with Crippen molar-refractivity contribution < 1.29 is 19.5 Å². The number of aliphatic carboxylic acids is 1. The monoisotopic (exact) mass is 354 g/mol. The molecule has 0 aromatic heterocycles. The number of amides is 2. The van der Waals surface area contributed by atoms with Crippen molar-refractivity contribution in [1.29, 1.82) is 0 Å². The first-order chi connectivity index (χ1) is 12.5. The summed E-state index contributed by atoms with van der Waals surface area (Å²) in [5, 5.41) is 14.3. The zero-order valence-electron chi connectivity index (χ0n) is 14.5. The van der Waals surface area contributed by atoms with E-state index >= 15 is 0 Å². The highest BCUT2D eigenvalue weighted by Gasteiger charge is 2.26. The number of benzene rings is 2. The Labute approximate surface area is 152 Å². The van der Waals surface area contributed by atoms with E-state index < -0.39 is 23.8 Å². The lowest BCUT2D eigenvalue weighted by atomic mass is 10.0. The highest BCUT2D eigenvalue weighted by Crippen LogP contribution is 2.06. The van der Waals surface area contributed by atoms with Crippen LogP contribution in [0.4, 0.5) is 0 Å². The molecule has 0 aliphatic heterocycles. The van der Waals surface area contributed by atoms with Crippen molar-refractivity contribution in [2.45, 2.75) is 25.9 Å². The summed E-state index contributed by atoms with van der Waals surface area (Å²) < 4.78 is 0. The van der Waals surface area contributed by atoms with Crippen LogP contribution < -0.4 is 10.6 Å². The van der Waals surface area contributed by atoms with Gasteiger partial charge < -0.3 is 15.7 Å². The van der Waals surface area contributed by atoms with Gasteiger partial charge in [-0.2, -0.15) is 0 Å². The third-order valence-electron chi connectivity index (χ3n) is 3.99. The molecule has 0 aliphatic rings. The minimum Gasteiger partial charge on any atom is -0.481 e. The summed E-state index contributed by atoms with van der Waals surface area (Å²) in [5.74, 6) is -3.50. The second kappa shape index (κ2) is 9.36. The van der Waals surface area contributed by atoms with Crippen LogP contribution in [0, 0.1) is 5.92 Å². The van der Waals surface area contributed by atoms with Gasteiger partial charge in [0.05, 0.1) is 0 Å². The summed E-state index contributed by atoms with van der Waals surface area (Å²) in [6.07, 6.45) is 0.277. The molecular weight excluding hydrogens is 332 g/mol. The van der Waals surface area contributed by atoms with Crippen molar-refractivity contribution in [3.63, 3.8) is 0 Å². The molecule has 2 aromatic carbocycles. The molecule has 0 spiro atoms. The Hall–Kier alpha value is -3.15. The van der Waals surface area contributed by atoms with E-state index in [0.717, 1.165) is 11.1 Å². The predicted octanol–water partition coefficient (Wildman–Crippen LogP) is 1.75. The minimum atomic E-state index is -1.23. The van der Waals surface area contributed by atoms with Crippen LogP contribution in [-0.2, 0) is 27.3 Å². The van der Waals surface area contributed by atoms with Crippen molar-refractivity contribution in [3.8, 4) is 0 Å². The standard InChI is InChI=1S/C20H22N2O4/c1-14(20(25)26)18(23)22-17(12-15-8-4-2-5-9-15)19(24)21-13-16-10-6-3-7-11-16/h2-11,14,17H,12-13H2,1H3,(H,21,24)(H,22,23)(H,25,26). The van der Waals surface area contributed by atoms with Crippen LogP contribution in [0.15, 0.2) is 60.7 Å². The van der Waals surface area contributed by atoms with Gasteiger partial charge in [-0.05, 0) is 18.1 Å². The smallest absolute Gasteiger partial charge is 0.315 e. The number of hydrogen-bond donors (Lipinski definition) is 3. The highest BCUT2D eigenvalue weighted by molar-refractivity contribution is 5.98. The summed E-state index contributed by atoms with van der Waals surface area (Å²) in [4.78, 5) is 35.7. The maximum absolute atomic E-state index is 12.6. The first-order valence-electron chi connectivity index (χ1n) is 8.36. The van der Waals surface area contributed by atoms with Gasteiger partial charge in [-0.15, -0.1) is 0 Å². The van der Waals surface area contributed by atoms with E-state index in [2.05, 4.69) is 10.6 Å². The van der Waals surface area contributed by atoms with Gasteiger partial charge in [-0.25, -0.2) is 0 Å². The Bertz CT molecular complexity index is 747. The maximum Gasteiger partial charge on any atom is 0.315 e. The van der Waals surface area contributed by atoms with Crippen LogP contribution in [-0.4, -0.2) is 28.9 Å². The molecule has 6 nitrogen and oxygen atoms in total. The molecular formula is C20H22N2O4. The van der Waals surface area contributed by atoms with Crippen LogP contribution in [0.5, 0.6) is 0 Å². The summed E-state index contributed by atoms with van der Waals surface area (Å²) in [6, 6.07) is 17.8. The average molecular weight is 354 g/mol. The molecule has 2 atom stereocenters. The second-order valence-corrected chi connectivity index (χ2v) is 6.01. The Morgan fingerprint density at radius 1 is 0.885 bits per heavy atom. The lowest BCUT2D eigenvalue weighted by Crippen LogP contribution is -2.50. The molecule has 0 saturated carbocycles. The van der Waals surface area contributed by atoms with Gasteiger partial charge in [-0.3, -0.25) is 14.4 Å². The zero-order valence-corrected chi connectivity index (χ0v) is 14.5. The first kappa shape index (κ1) is 19.2. The van der Waals surface area contributed by atoms with Crippen molar-refractivity contribution in [2.24, 2.45) is 5.92 Å². The van der Waals surface area contributed by atoms with Gasteiger partial charge in [0.15, 0.2) is 0 Å². The number of carbonyl (C=O) groups is 3. The lowest BCUT2D eigenvalue weighted by Gasteiger charge is -2.20. The number of rotatable bonds is 8. The molecule has 0 radical (unpaired) electrons. The second-order valence-electron chi connectivity index (χ2n) is 6.01. The summed E-state index contributed by atoms with van der Waals surface area (Å²) >= 11 is 0. The Morgan fingerprint density at radius 3 is 1.96 bits per heavy atom. The fourth-order valence-electron chi connectivity index (χ4n) is 2.38. The van der Waals surface area contributed by atoms with E-state index in [1.807, 2.05) is 60.7 Å². The molecule has 3 N–H and O–H groups in total. The van der Waals surface area contributed by atoms with Crippen LogP contribution in [0.2, 0.25) is 0 Å². The van der Waals surface area contributed by atoms with E-state index in [1.54, 1.807) is 0 Å². The van der Waals surface area contributed by atoms with Gasteiger partial charge in [0.25, 0.3) is 0 Å². The van der Waals surface area contributed by atoms with Crippen LogP contribution >= 0.6 is 0 Å². The third kappa shape index (κ3) is 5.73. The number of carboxylic acid groups (broad SMARTS) is 1. The minimum absolute atomic E-state index is 0.277. The third-order valence-corrected chi connectivity index (χ3v) is 3.99. The fraction of sp³-hybridized carbons (Fsp3) is 0.250. The molecule has 2 amide bonds. The Morgan fingerprint density at radius 2 is 1.42 bits per heavy atom. The molecule has 2 aromatic rings. The number of carboxylic acids is 1. The van der Waals surface area contributed by atoms with Gasteiger partial charge in [-0.1, -0.05) is 60.7 Å². The Kier molecular flexibility index (Phi) is 6.91. The largest absolute Gasteiger partial charge is 0.481 e. The van der Waals surface area contributed by atoms with Crippen molar-refractivity contribution >= 4 is 17.8 Å². The predicted molar refractivity (Wildman–Crippen MR) is 97.2 cm³/mol. The molecule has 2 rings (SSSR count). The summed E-state index contributed by atoms with van der Waals surface area (Å²) in [5.41, 5.74) is 1.81. The molecule has 0 saturated heterocycles. The molecule has 136 valence electrons. The van der Waals surface area contributed by atoms with Crippen LogP contribution in [0.3, 0.4) is 0 Å². The SMILES string of the molecule is CC(C(=O)O)C(=O)NC(Cc1ccccc1)C(=O)NCc1ccccc1. The van der Waals surface area contributed by atoms with Crippen molar-refractivity contribution in [2.75, 3.05) is 0 Å². The van der Waals surface area contributed by atoms with E-state index in [-0.39, 0.29) is 12.3 Å². The quantitative estimate of drug-likeness (QED) is 0.630. The number of hydrogen-bond acceptors (Lipinski definition) is 3. The van der Waals surface area contributed by atoms with Crippen molar-refractivity contribution in [3.05, 3.63) is 71.8 Å². The molecule has 0 bridgehead atoms. The molecule has 26 heavy (non-hydrogen) atoms. The van der Waals surface area contributed by atoms with E-state index in [1.165, 1.54) is 6.92 Å². The lowest BCUT2D eigenvalue weighted by molar-refractivity contribution is -0.147. The number of nitrogens with one attached hydrogen (secondary N) is 2. The van der Waals surface area contributed by atoms with E-state index in [9.17, 15) is 14.4 Å². The summed E-state index contributed by atoms with van der Waals surface area (Å²) in [7, 11) is 0.